The van der Waals surface area contributed by atoms with E-state index < -0.39 is 18.1 Å². The predicted molar refractivity (Wildman–Crippen MR) is 129 cm³/mol. The van der Waals surface area contributed by atoms with Crippen LogP contribution in [-0.4, -0.2) is 74.6 Å². The van der Waals surface area contributed by atoms with Crippen molar-refractivity contribution in [3.8, 4) is 0 Å². The van der Waals surface area contributed by atoms with Gasteiger partial charge in [0.2, 0.25) is 0 Å². The Bertz CT molecular complexity index is 606. The summed E-state index contributed by atoms with van der Waals surface area (Å²) in [5, 5.41) is 21.1. The van der Waals surface area contributed by atoms with Gasteiger partial charge in [-0.25, -0.2) is 0 Å². The zero-order chi connectivity index (χ0) is 25.0. The van der Waals surface area contributed by atoms with Crippen LogP contribution < -0.4 is 5.11 Å². The highest BCUT2D eigenvalue weighted by Gasteiger charge is 2.24. The molecule has 0 aromatic rings. The van der Waals surface area contributed by atoms with Crippen LogP contribution in [0.1, 0.15) is 64.7 Å². The minimum Gasteiger partial charge on any atom is -0.544 e. The number of quaternary nitrogens is 1. The molecule has 2 unspecified atom stereocenters. The van der Waals surface area contributed by atoms with Crippen LogP contribution in [-0.2, 0) is 19.1 Å². The summed E-state index contributed by atoms with van der Waals surface area (Å²) in [5.74, 6) is -1.45. The van der Waals surface area contributed by atoms with Crippen LogP contribution >= 0.6 is 0 Å². The lowest BCUT2D eigenvalue weighted by Crippen LogP contribution is -2.55. The fourth-order valence-electron chi connectivity index (χ4n) is 3.08. The number of esters is 1. The Labute approximate surface area is 200 Å². The van der Waals surface area contributed by atoms with Gasteiger partial charge in [-0.2, -0.15) is 0 Å². The Balaban J connectivity index is 3.70. The Morgan fingerprint density at radius 2 is 1.58 bits per heavy atom. The lowest BCUT2D eigenvalue weighted by atomic mass is 10.1. The van der Waals surface area contributed by atoms with Crippen molar-refractivity contribution in [1.29, 1.82) is 0 Å². The van der Waals surface area contributed by atoms with Gasteiger partial charge in [-0.1, -0.05) is 49.8 Å². The maximum Gasteiger partial charge on any atom is 0.305 e. The first-order valence-corrected chi connectivity index (χ1v) is 12.1. The molecule has 7 nitrogen and oxygen atoms in total. The summed E-state index contributed by atoms with van der Waals surface area (Å²) in [6, 6.07) is -0.690. The van der Waals surface area contributed by atoms with E-state index in [-0.39, 0.29) is 36.7 Å². The van der Waals surface area contributed by atoms with Gasteiger partial charge in [-0.05, 0) is 38.5 Å². The molecule has 33 heavy (non-hydrogen) atoms. The van der Waals surface area contributed by atoms with E-state index in [1.54, 1.807) is 21.1 Å². The van der Waals surface area contributed by atoms with Crippen LogP contribution in [0.25, 0.3) is 0 Å². The van der Waals surface area contributed by atoms with E-state index in [1.165, 1.54) is 0 Å². The van der Waals surface area contributed by atoms with Crippen molar-refractivity contribution in [2.45, 2.75) is 76.9 Å². The van der Waals surface area contributed by atoms with Crippen LogP contribution in [0.15, 0.2) is 36.5 Å². The SMILES string of the molecule is CC/C=C\C/C=C\C/C=C\CCCCCC(=O)OCC(O)COCCC(C(=O)[O-])[N+](C)(C)C. The molecule has 0 aromatic carbocycles. The van der Waals surface area contributed by atoms with E-state index in [4.69, 9.17) is 9.47 Å². The fraction of sp³-hybridized carbons (Fsp3) is 0.692. The molecule has 0 radical (unpaired) electrons. The number of aliphatic carboxylic acids is 1. The van der Waals surface area contributed by atoms with Gasteiger partial charge < -0.3 is 29.0 Å². The molecule has 1 N–H and O–H groups in total. The highest BCUT2D eigenvalue weighted by Crippen LogP contribution is 2.08. The van der Waals surface area contributed by atoms with Crippen molar-refractivity contribution in [3.63, 3.8) is 0 Å². The van der Waals surface area contributed by atoms with E-state index >= 15 is 0 Å². The largest absolute Gasteiger partial charge is 0.544 e. The van der Waals surface area contributed by atoms with E-state index in [0.29, 0.717) is 6.42 Å². The third-order valence-corrected chi connectivity index (χ3v) is 5.02. The summed E-state index contributed by atoms with van der Waals surface area (Å²) < 4.78 is 10.6. The molecule has 7 heteroatoms. The Hall–Kier alpha value is -1.96. The van der Waals surface area contributed by atoms with Crippen LogP contribution in [0.4, 0.5) is 0 Å². The molecule has 0 rings (SSSR count). The molecule has 190 valence electrons. The minimum atomic E-state index is -1.13. The number of hydrogen-bond acceptors (Lipinski definition) is 6. The number of carboxylic acid groups (broad SMARTS) is 1. The maximum absolute atomic E-state index is 11.8. The van der Waals surface area contributed by atoms with Gasteiger partial charge in [0, 0.05) is 12.8 Å². The van der Waals surface area contributed by atoms with Crippen LogP contribution in [0.5, 0.6) is 0 Å². The molecular formula is C26H45NO6. The zero-order valence-electron chi connectivity index (χ0n) is 21.0. The average Bonchev–Trinajstić information content (AvgIpc) is 2.74. The van der Waals surface area contributed by atoms with E-state index in [0.717, 1.165) is 44.9 Å². The van der Waals surface area contributed by atoms with Crippen molar-refractivity contribution < 1.29 is 33.8 Å². The van der Waals surface area contributed by atoms with Crippen molar-refractivity contribution >= 4 is 11.9 Å². The topological polar surface area (TPSA) is 95.9 Å². The summed E-state index contributed by atoms with van der Waals surface area (Å²) in [5.41, 5.74) is 0. The lowest BCUT2D eigenvalue weighted by Gasteiger charge is -2.34. The normalized spacial score (nSPS) is 14.3. The molecule has 0 fully saturated rings. The summed E-state index contributed by atoms with van der Waals surface area (Å²) in [4.78, 5) is 23.0. The van der Waals surface area contributed by atoms with E-state index in [2.05, 4.69) is 43.4 Å². The van der Waals surface area contributed by atoms with Gasteiger partial charge in [-0.15, -0.1) is 0 Å². The number of nitrogens with zero attached hydrogens (tertiary/aromatic N) is 1. The van der Waals surface area contributed by atoms with Crippen LogP contribution in [0.3, 0.4) is 0 Å². The van der Waals surface area contributed by atoms with Crippen LogP contribution in [0, 0.1) is 0 Å². The number of rotatable bonds is 20. The molecule has 0 aliphatic carbocycles. The Morgan fingerprint density at radius 1 is 0.939 bits per heavy atom. The van der Waals surface area contributed by atoms with Gasteiger partial charge in [0.05, 0.1) is 40.3 Å². The maximum atomic E-state index is 11.8. The number of likely N-dealkylation sites (N-methyl/N-ethyl adjacent to an activating group) is 1. The van der Waals surface area contributed by atoms with Crippen molar-refractivity contribution in [1.82, 2.24) is 0 Å². The third-order valence-electron chi connectivity index (χ3n) is 5.02. The minimum absolute atomic E-state index is 0.0127. The molecule has 0 amide bonds. The molecular weight excluding hydrogens is 422 g/mol. The van der Waals surface area contributed by atoms with Gasteiger partial charge in [0.15, 0.2) is 0 Å². The zero-order valence-corrected chi connectivity index (χ0v) is 21.0. The first-order chi connectivity index (χ1) is 15.7. The summed E-state index contributed by atoms with van der Waals surface area (Å²) in [7, 11) is 5.33. The van der Waals surface area contributed by atoms with Gasteiger partial charge in [0.25, 0.3) is 0 Å². The summed E-state index contributed by atoms with van der Waals surface area (Å²) in [6.45, 7) is 2.17. The standard InChI is InChI=1S/C26H45NO6/c1-5-6-7-8-9-10-11-12-13-14-15-16-17-18-25(29)33-22-23(28)21-32-20-19-24(26(30)31)27(2,3)4/h6-7,9-10,12-13,23-24,28H,5,8,11,14-22H2,1-4H3/b7-6-,10-9-,13-12-. The van der Waals surface area contributed by atoms with E-state index in [9.17, 15) is 19.8 Å². The monoisotopic (exact) mass is 467 g/mol. The molecule has 0 bridgehead atoms. The molecule has 0 spiro atoms. The number of hydrogen-bond donors (Lipinski definition) is 1. The Morgan fingerprint density at radius 3 is 2.18 bits per heavy atom. The smallest absolute Gasteiger partial charge is 0.305 e. The molecule has 0 aromatic heterocycles. The first-order valence-electron chi connectivity index (χ1n) is 12.1. The molecule has 0 saturated heterocycles. The predicted octanol–water partition coefficient (Wildman–Crippen LogP) is 2.93. The molecule has 0 aliphatic heterocycles. The number of carbonyl (C=O) groups excluding carboxylic acids is 2. The number of allylic oxidation sites excluding steroid dienone is 6. The second kappa shape index (κ2) is 19.5. The fourth-order valence-corrected chi connectivity index (χ4v) is 3.08. The molecule has 0 heterocycles. The highest BCUT2D eigenvalue weighted by molar-refractivity contribution is 5.69. The van der Waals surface area contributed by atoms with Crippen molar-refractivity contribution in [2.24, 2.45) is 0 Å². The van der Waals surface area contributed by atoms with E-state index in [1.807, 2.05) is 0 Å². The van der Waals surface area contributed by atoms with Crippen LogP contribution in [0.2, 0.25) is 0 Å². The van der Waals surface area contributed by atoms with Crippen molar-refractivity contribution in [3.05, 3.63) is 36.5 Å². The third kappa shape index (κ3) is 19.2. The van der Waals surface area contributed by atoms with Gasteiger partial charge in [0.1, 0.15) is 18.8 Å². The second-order valence-corrected chi connectivity index (χ2v) is 9.04. The number of carbonyl (C=O) groups is 2. The number of aliphatic hydroxyl groups excluding tert-OH is 1. The van der Waals surface area contributed by atoms with Gasteiger partial charge >= 0.3 is 5.97 Å². The average molecular weight is 468 g/mol. The number of aliphatic hydroxyl groups is 1. The Kier molecular flexibility index (Phi) is 18.3. The van der Waals surface area contributed by atoms with Crippen molar-refractivity contribution in [2.75, 3.05) is 41.0 Å². The summed E-state index contributed by atoms with van der Waals surface area (Å²) in [6.07, 6.45) is 19.5. The lowest BCUT2D eigenvalue weighted by molar-refractivity contribution is -0.889. The summed E-state index contributed by atoms with van der Waals surface area (Å²) >= 11 is 0. The number of carboxylic acids is 1. The van der Waals surface area contributed by atoms with Gasteiger partial charge in [-0.3, -0.25) is 4.79 Å². The quantitative estimate of drug-likeness (QED) is 0.128. The number of unbranched alkanes of at least 4 members (excludes halogenated alkanes) is 3. The molecule has 0 saturated carbocycles. The molecule has 0 aliphatic rings. The first kappa shape index (κ1) is 31.0. The second-order valence-electron chi connectivity index (χ2n) is 9.04. The highest BCUT2D eigenvalue weighted by atomic mass is 16.5. The molecule has 2 atom stereocenters. The number of ether oxygens (including phenoxy) is 2.